The summed E-state index contributed by atoms with van der Waals surface area (Å²) in [4.78, 5) is 27.2. The first-order valence-corrected chi connectivity index (χ1v) is 11.0. The van der Waals surface area contributed by atoms with Crippen molar-refractivity contribution < 1.29 is 19.1 Å². The van der Waals surface area contributed by atoms with Gasteiger partial charge in [0.25, 0.3) is 5.91 Å². The minimum Gasteiger partial charge on any atom is -0.497 e. The fraction of sp³-hybridized carbons (Fsp3) is 0.391. The zero-order valence-corrected chi connectivity index (χ0v) is 20.0. The molecular weight excluding hydrogens is 495 g/mol. The highest BCUT2D eigenvalue weighted by atomic mass is 127. The summed E-state index contributed by atoms with van der Waals surface area (Å²) in [7, 11) is 1.61. The van der Waals surface area contributed by atoms with E-state index in [9.17, 15) is 9.59 Å². The Hall–Kier alpha value is -2.29. The Morgan fingerprint density at radius 3 is 2.20 bits per heavy atom. The largest absolute Gasteiger partial charge is 0.497 e. The number of carbonyl (C=O) groups excluding carboxylic acids is 2. The molecule has 0 saturated heterocycles. The van der Waals surface area contributed by atoms with Crippen LogP contribution in [-0.2, 0) is 16.1 Å². The van der Waals surface area contributed by atoms with E-state index in [0.29, 0.717) is 12.3 Å². The van der Waals surface area contributed by atoms with Gasteiger partial charge in [-0.1, -0.05) is 19.1 Å². The number of benzene rings is 2. The third-order valence-electron chi connectivity index (χ3n) is 4.86. The lowest BCUT2D eigenvalue weighted by molar-refractivity contribution is -0.142. The van der Waals surface area contributed by atoms with E-state index in [1.807, 2.05) is 62.4 Å². The molecule has 2 rings (SSSR count). The van der Waals surface area contributed by atoms with Gasteiger partial charge >= 0.3 is 0 Å². The van der Waals surface area contributed by atoms with Crippen LogP contribution in [-0.4, -0.2) is 42.5 Å². The van der Waals surface area contributed by atoms with Gasteiger partial charge in [-0.15, -0.1) is 0 Å². The first-order valence-electron chi connectivity index (χ1n) is 9.95. The van der Waals surface area contributed by atoms with Gasteiger partial charge in [-0.05, 0) is 84.8 Å². The first kappa shape index (κ1) is 24.0. The molecule has 162 valence electrons. The molecule has 0 bridgehead atoms. The van der Waals surface area contributed by atoms with Gasteiger partial charge in [0.2, 0.25) is 5.91 Å². The Balaban J connectivity index is 2.14. The average molecular weight is 524 g/mol. The van der Waals surface area contributed by atoms with Crippen LogP contribution in [0.15, 0.2) is 48.5 Å². The smallest absolute Gasteiger partial charge is 0.261 e. The summed E-state index contributed by atoms with van der Waals surface area (Å²) in [5.41, 5.74) is 0.904. The Labute approximate surface area is 192 Å². The van der Waals surface area contributed by atoms with Crippen LogP contribution in [0.2, 0.25) is 0 Å². The maximum Gasteiger partial charge on any atom is 0.261 e. The van der Waals surface area contributed by atoms with Crippen LogP contribution < -0.4 is 14.8 Å². The second kappa shape index (κ2) is 11.8. The van der Waals surface area contributed by atoms with Crippen LogP contribution in [0.1, 0.15) is 32.8 Å². The lowest BCUT2D eigenvalue weighted by atomic mass is 10.1. The van der Waals surface area contributed by atoms with Crippen molar-refractivity contribution >= 4 is 34.4 Å². The molecule has 0 aliphatic carbocycles. The Morgan fingerprint density at radius 2 is 1.63 bits per heavy atom. The molecule has 0 unspecified atom stereocenters. The van der Waals surface area contributed by atoms with Crippen molar-refractivity contribution in [3.05, 3.63) is 57.7 Å². The van der Waals surface area contributed by atoms with Crippen molar-refractivity contribution in [3.63, 3.8) is 0 Å². The number of nitrogens with zero attached hydrogens (tertiary/aromatic N) is 1. The Bertz CT molecular complexity index is 824. The minimum absolute atomic E-state index is 0.0425. The average Bonchev–Trinajstić information content (AvgIpc) is 2.76. The summed E-state index contributed by atoms with van der Waals surface area (Å²) in [5, 5.41) is 2.95. The van der Waals surface area contributed by atoms with Crippen LogP contribution in [0.5, 0.6) is 11.5 Å². The van der Waals surface area contributed by atoms with E-state index >= 15 is 0 Å². The van der Waals surface area contributed by atoms with Gasteiger partial charge in [0.15, 0.2) is 6.61 Å². The molecule has 2 aromatic rings. The zero-order chi connectivity index (χ0) is 22.1. The number of methoxy groups -OCH3 is 1. The van der Waals surface area contributed by atoms with Crippen molar-refractivity contribution in [1.29, 1.82) is 0 Å². The normalized spacial score (nSPS) is 12.6. The number of hydrogen-bond acceptors (Lipinski definition) is 4. The van der Waals surface area contributed by atoms with Crippen LogP contribution in [0, 0.1) is 3.57 Å². The summed E-state index contributed by atoms with van der Waals surface area (Å²) >= 11 is 2.21. The molecule has 0 spiro atoms. The summed E-state index contributed by atoms with van der Waals surface area (Å²) in [6, 6.07) is 14.3. The molecule has 2 amide bonds. The SMILES string of the molecule is CC[C@@H](C)NC(=O)[C@H](C)N(Cc1ccc(OC)cc1)C(=O)COc1ccc(I)cc1. The summed E-state index contributed by atoms with van der Waals surface area (Å²) in [6.07, 6.45) is 0.820. The van der Waals surface area contributed by atoms with Gasteiger partial charge in [-0.3, -0.25) is 9.59 Å². The molecule has 2 aromatic carbocycles. The number of hydrogen-bond donors (Lipinski definition) is 1. The van der Waals surface area contributed by atoms with E-state index in [1.54, 1.807) is 18.9 Å². The fourth-order valence-electron chi connectivity index (χ4n) is 2.73. The van der Waals surface area contributed by atoms with Gasteiger partial charge in [-0.2, -0.15) is 0 Å². The van der Waals surface area contributed by atoms with Crippen molar-refractivity contribution in [3.8, 4) is 11.5 Å². The topological polar surface area (TPSA) is 67.9 Å². The first-order chi connectivity index (χ1) is 14.3. The van der Waals surface area contributed by atoms with Crippen molar-refractivity contribution in [2.45, 2.75) is 45.8 Å². The standard InChI is InChI=1S/C23H29IN2O4/c1-5-16(2)25-23(28)17(3)26(14-18-6-10-20(29-4)11-7-18)22(27)15-30-21-12-8-19(24)9-13-21/h6-13,16-17H,5,14-15H2,1-4H3,(H,25,28)/t16-,17+/m1/s1. The molecule has 0 saturated carbocycles. The van der Waals surface area contributed by atoms with Crippen molar-refractivity contribution in [1.82, 2.24) is 10.2 Å². The minimum atomic E-state index is -0.631. The summed E-state index contributed by atoms with van der Waals surface area (Å²) in [5.74, 6) is 0.919. The molecule has 0 aliphatic rings. The molecule has 0 fully saturated rings. The van der Waals surface area contributed by atoms with Crippen LogP contribution in [0.3, 0.4) is 0 Å². The van der Waals surface area contributed by atoms with Gasteiger partial charge in [0.05, 0.1) is 7.11 Å². The van der Waals surface area contributed by atoms with Crippen LogP contribution in [0.25, 0.3) is 0 Å². The van der Waals surface area contributed by atoms with E-state index in [0.717, 1.165) is 21.3 Å². The maximum atomic E-state index is 13.0. The molecule has 0 heterocycles. The molecule has 6 nitrogen and oxygen atoms in total. The summed E-state index contributed by atoms with van der Waals surface area (Å²) < 4.78 is 11.9. The number of amides is 2. The zero-order valence-electron chi connectivity index (χ0n) is 17.9. The number of ether oxygens (including phenoxy) is 2. The number of rotatable bonds is 10. The monoisotopic (exact) mass is 524 g/mol. The Kier molecular flexibility index (Phi) is 9.42. The predicted octanol–water partition coefficient (Wildman–Crippen LogP) is 4.01. The number of carbonyl (C=O) groups is 2. The third kappa shape index (κ3) is 7.19. The molecule has 0 radical (unpaired) electrons. The highest BCUT2D eigenvalue weighted by Crippen LogP contribution is 2.17. The second-order valence-electron chi connectivity index (χ2n) is 7.11. The number of nitrogens with one attached hydrogen (secondary N) is 1. The van der Waals surface area contributed by atoms with Gasteiger partial charge in [0.1, 0.15) is 17.5 Å². The second-order valence-corrected chi connectivity index (χ2v) is 8.35. The van der Waals surface area contributed by atoms with E-state index in [1.165, 1.54) is 0 Å². The van der Waals surface area contributed by atoms with E-state index in [4.69, 9.17) is 9.47 Å². The molecule has 7 heteroatoms. The number of halogens is 1. The highest BCUT2D eigenvalue weighted by Gasteiger charge is 2.27. The van der Waals surface area contributed by atoms with E-state index in [2.05, 4.69) is 27.9 Å². The Morgan fingerprint density at radius 1 is 1.03 bits per heavy atom. The quantitative estimate of drug-likeness (QED) is 0.477. The lowest BCUT2D eigenvalue weighted by Crippen LogP contribution is -2.50. The van der Waals surface area contributed by atoms with Gasteiger partial charge in [-0.25, -0.2) is 0 Å². The lowest BCUT2D eigenvalue weighted by Gasteiger charge is -2.29. The maximum absolute atomic E-state index is 13.0. The van der Waals surface area contributed by atoms with Crippen molar-refractivity contribution in [2.24, 2.45) is 0 Å². The molecule has 30 heavy (non-hydrogen) atoms. The molecule has 1 N–H and O–H groups in total. The molecule has 0 aromatic heterocycles. The van der Waals surface area contributed by atoms with Crippen LogP contribution in [0.4, 0.5) is 0 Å². The highest BCUT2D eigenvalue weighted by molar-refractivity contribution is 14.1. The van der Waals surface area contributed by atoms with Crippen LogP contribution >= 0.6 is 22.6 Å². The van der Waals surface area contributed by atoms with Gasteiger partial charge in [0, 0.05) is 16.2 Å². The molecule has 2 atom stereocenters. The molecular formula is C23H29IN2O4. The van der Waals surface area contributed by atoms with E-state index in [-0.39, 0.29) is 24.5 Å². The summed E-state index contributed by atoms with van der Waals surface area (Å²) in [6.45, 7) is 5.85. The predicted molar refractivity (Wildman–Crippen MR) is 126 cm³/mol. The van der Waals surface area contributed by atoms with E-state index < -0.39 is 6.04 Å². The van der Waals surface area contributed by atoms with Gasteiger partial charge < -0.3 is 19.7 Å². The fourth-order valence-corrected chi connectivity index (χ4v) is 3.09. The molecule has 0 aliphatic heterocycles. The third-order valence-corrected chi connectivity index (χ3v) is 5.58. The van der Waals surface area contributed by atoms with Crippen molar-refractivity contribution in [2.75, 3.05) is 13.7 Å².